The second-order valence-corrected chi connectivity index (χ2v) is 4.74. The first kappa shape index (κ1) is 14.1. The number of hydrogen-bond acceptors (Lipinski definition) is 6. The van der Waals surface area contributed by atoms with E-state index in [9.17, 15) is 4.79 Å². The molecule has 0 aliphatic heterocycles. The van der Waals surface area contributed by atoms with E-state index in [4.69, 9.17) is 10.3 Å². The van der Waals surface area contributed by atoms with Crippen LogP contribution in [-0.4, -0.2) is 27.1 Å². The van der Waals surface area contributed by atoms with Gasteiger partial charge >= 0.3 is 0 Å². The summed E-state index contributed by atoms with van der Waals surface area (Å²) < 4.78 is 5.07. The molecule has 0 unspecified atom stereocenters. The molecule has 2 heterocycles. The van der Waals surface area contributed by atoms with Crippen LogP contribution in [0.1, 0.15) is 19.7 Å². The molecule has 0 bridgehead atoms. The Balaban J connectivity index is 1.96. The van der Waals surface area contributed by atoms with Gasteiger partial charge in [0.05, 0.1) is 12.6 Å². The van der Waals surface area contributed by atoms with Gasteiger partial charge in [0.2, 0.25) is 17.6 Å². The molecule has 2 aromatic heterocycles. The molecule has 2 aromatic rings. The highest BCUT2D eigenvalue weighted by Gasteiger charge is 2.17. The number of aromatic nitrogens is 3. The predicted molar refractivity (Wildman–Crippen MR) is 72.2 cm³/mol. The molecule has 3 N–H and O–H groups in total. The van der Waals surface area contributed by atoms with E-state index in [0.717, 1.165) is 5.56 Å². The molecule has 0 saturated heterocycles. The molecule has 0 fully saturated rings. The van der Waals surface area contributed by atoms with Gasteiger partial charge in [0.25, 0.3) is 0 Å². The Labute approximate surface area is 116 Å². The molecule has 0 spiro atoms. The molecule has 2 rings (SSSR count). The topological polar surface area (TPSA) is 107 Å². The van der Waals surface area contributed by atoms with Gasteiger partial charge in [-0.2, -0.15) is 4.98 Å². The SMILES string of the molecule is CC(C)[C@H](N)C(=O)NCc1nc(-c2cccnc2)no1. The smallest absolute Gasteiger partial charge is 0.246 e. The highest BCUT2D eigenvalue weighted by molar-refractivity contribution is 5.81. The number of amides is 1. The first-order valence-corrected chi connectivity index (χ1v) is 6.34. The zero-order valence-electron chi connectivity index (χ0n) is 11.4. The first-order chi connectivity index (χ1) is 9.58. The van der Waals surface area contributed by atoms with Crippen LogP contribution in [0.25, 0.3) is 11.4 Å². The van der Waals surface area contributed by atoms with Gasteiger partial charge in [0.1, 0.15) is 0 Å². The summed E-state index contributed by atoms with van der Waals surface area (Å²) in [6.45, 7) is 3.93. The highest BCUT2D eigenvalue weighted by atomic mass is 16.5. The molecule has 0 aromatic carbocycles. The third kappa shape index (κ3) is 3.39. The molecular formula is C13H17N5O2. The van der Waals surface area contributed by atoms with Crippen molar-refractivity contribution in [3.63, 3.8) is 0 Å². The number of nitrogens with one attached hydrogen (secondary N) is 1. The second kappa shape index (κ2) is 6.25. The van der Waals surface area contributed by atoms with Gasteiger partial charge in [-0.25, -0.2) is 0 Å². The number of rotatable bonds is 5. The summed E-state index contributed by atoms with van der Waals surface area (Å²) in [5.74, 6) is 0.605. The van der Waals surface area contributed by atoms with Crippen LogP contribution < -0.4 is 11.1 Å². The molecule has 1 atom stereocenters. The van der Waals surface area contributed by atoms with Gasteiger partial charge in [0, 0.05) is 18.0 Å². The summed E-state index contributed by atoms with van der Waals surface area (Å²) in [6, 6.07) is 3.07. The van der Waals surface area contributed by atoms with Gasteiger partial charge in [-0.1, -0.05) is 19.0 Å². The standard InChI is InChI=1S/C13H17N5O2/c1-8(2)11(14)13(19)16-7-10-17-12(18-20-10)9-4-3-5-15-6-9/h3-6,8,11H,7,14H2,1-2H3,(H,16,19)/t11-/m0/s1. The average molecular weight is 275 g/mol. The van der Waals surface area contributed by atoms with E-state index in [1.165, 1.54) is 0 Å². The van der Waals surface area contributed by atoms with E-state index >= 15 is 0 Å². The fourth-order valence-corrected chi connectivity index (χ4v) is 1.52. The minimum absolute atomic E-state index is 0.0728. The fraction of sp³-hybridized carbons (Fsp3) is 0.385. The number of nitrogens with zero attached hydrogens (tertiary/aromatic N) is 3. The summed E-state index contributed by atoms with van der Waals surface area (Å²) >= 11 is 0. The predicted octanol–water partition coefficient (Wildman–Crippen LogP) is 0.731. The van der Waals surface area contributed by atoms with E-state index in [-0.39, 0.29) is 18.4 Å². The summed E-state index contributed by atoms with van der Waals surface area (Å²) in [5.41, 5.74) is 6.49. The Morgan fingerprint density at radius 3 is 2.95 bits per heavy atom. The van der Waals surface area contributed by atoms with E-state index in [1.54, 1.807) is 18.5 Å². The molecule has 1 amide bonds. The lowest BCUT2D eigenvalue weighted by Gasteiger charge is -2.14. The number of nitrogens with two attached hydrogens (primary N) is 1. The number of pyridine rings is 1. The molecule has 0 radical (unpaired) electrons. The lowest BCUT2D eigenvalue weighted by molar-refractivity contribution is -0.123. The maximum absolute atomic E-state index is 11.7. The Morgan fingerprint density at radius 2 is 2.30 bits per heavy atom. The van der Waals surface area contributed by atoms with Crippen LogP contribution in [0.5, 0.6) is 0 Å². The first-order valence-electron chi connectivity index (χ1n) is 6.34. The minimum Gasteiger partial charge on any atom is -0.346 e. The zero-order chi connectivity index (χ0) is 14.5. The van der Waals surface area contributed by atoms with Gasteiger partial charge < -0.3 is 15.6 Å². The van der Waals surface area contributed by atoms with Crippen molar-refractivity contribution >= 4 is 5.91 Å². The number of carbonyl (C=O) groups excluding carboxylic acids is 1. The molecule has 0 aliphatic carbocycles. The molecule has 7 nitrogen and oxygen atoms in total. The van der Waals surface area contributed by atoms with Gasteiger partial charge in [-0.3, -0.25) is 9.78 Å². The minimum atomic E-state index is -0.546. The van der Waals surface area contributed by atoms with E-state index in [0.29, 0.717) is 11.7 Å². The monoisotopic (exact) mass is 275 g/mol. The lowest BCUT2D eigenvalue weighted by Crippen LogP contribution is -2.43. The van der Waals surface area contributed by atoms with E-state index < -0.39 is 6.04 Å². The molecule has 0 aliphatic rings. The maximum atomic E-state index is 11.7. The number of carbonyl (C=O) groups is 1. The molecular weight excluding hydrogens is 258 g/mol. The van der Waals surface area contributed by atoms with Crippen LogP contribution in [0.3, 0.4) is 0 Å². The van der Waals surface area contributed by atoms with Crippen LogP contribution in [0.15, 0.2) is 29.0 Å². The molecule has 0 saturated carbocycles. The Bertz CT molecular complexity index is 567. The van der Waals surface area contributed by atoms with E-state index in [2.05, 4.69) is 20.4 Å². The third-order valence-electron chi connectivity index (χ3n) is 2.82. The van der Waals surface area contributed by atoms with Crippen LogP contribution in [0.4, 0.5) is 0 Å². The number of hydrogen-bond donors (Lipinski definition) is 2. The Kier molecular flexibility index (Phi) is 4.41. The van der Waals surface area contributed by atoms with Crippen LogP contribution >= 0.6 is 0 Å². The largest absolute Gasteiger partial charge is 0.346 e. The van der Waals surface area contributed by atoms with Crippen LogP contribution in [0.2, 0.25) is 0 Å². The van der Waals surface area contributed by atoms with Crippen molar-refractivity contribution in [3.8, 4) is 11.4 Å². The van der Waals surface area contributed by atoms with Gasteiger partial charge in [-0.15, -0.1) is 0 Å². The second-order valence-electron chi connectivity index (χ2n) is 4.74. The molecule has 7 heteroatoms. The highest BCUT2D eigenvalue weighted by Crippen LogP contribution is 2.13. The van der Waals surface area contributed by atoms with Crippen molar-refractivity contribution in [3.05, 3.63) is 30.4 Å². The quantitative estimate of drug-likeness (QED) is 0.833. The van der Waals surface area contributed by atoms with Crippen molar-refractivity contribution in [2.45, 2.75) is 26.4 Å². The maximum Gasteiger partial charge on any atom is 0.246 e. The van der Waals surface area contributed by atoms with Crippen LogP contribution in [-0.2, 0) is 11.3 Å². The molecule has 20 heavy (non-hydrogen) atoms. The Morgan fingerprint density at radius 1 is 1.50 bits per heavy atom. The summed E-state index contributed by atoms with van der Waals surface area (Å²) in [6.07, 6.45) is 3.31. The molecule has 106 valence electrons. The van der Waals surface area contributed by atoms with Crippen molar-refractivity contribution < 1.29 is 9.32 Å². The Hall–Kier alpha value is -2.28. The third-order valence-corrected chi connectivity index (χ3v) is 2.82. The van der Waals surface area contributed by atoms with Crippen molar-refractivity contribution in [1.82, 2.24) is 20.4 Å². The summed E-state index contributed by atoms with van der Waals surface area (Å²) in [7, 11) is 0. The zero-order valence-corrected chi connectivity index (χ0v) is 11.4. The fourth-order valence-electron chi connectivity index (χ4n) is 1.52. The van der Waals surface area contributed by atoms with Crippen molar-refractivity contribution in [2.75, 3.05) is 0 Å². The van der Waals surface area contributed by atoms with Crippen molar-refractivity contribution in [2.24, 2.45) is 11.7 Å². The summed E-state index contributed by atoms with van der Waals surface area (Å²) in [5, 5.41) is 6.50. The van der Waals surface area contributed by atoms with Crippen LogP contribution in [0, 0.1) is 5.92 Å². The summed E-state index contributed by atoms with van der Waals surface area (Å²) in [4.78, 5) is 19.9. The lowest BCUT2D eigenvalue weighted by atomic mass is 10.1. The van der Waals surface area contributed by atoms with E-state index in [1.807, 2.05) is 19.9 Å². The van der Waals surface area contributed by atoms with Crippen molar-refractivity contribution in [1.29, 1.82) is 0 Å². The normalized spacial score (nSPS) is 12.4. The van der Waals surface area contributed by atoms with Gasteiger partial charge in [-0.05, 0) is 18.1 Å². The van der Waals surface area contributed by atoms with Gasteiger partial charge in [0.15, 0.2) is 0 Å². The average Bonchev–Trinajstić information content (AvgIpc) is 2.93.